The number of ether oxygens (including phenoxy) is 2. The van der Waals surface area contributed by atoms with Gasteiger partial charge in [0.1, 0.15) is 11.6 Å². The minimum absolute atomic E-state index is 0.194. The minimum Gasteiger partial charge on any atom is -0.480 e. The summed E-state index contributed by atoms with van der Waals surface area (Å²) in [6, 6.07) is -0.952. The standard InChI is InChI=1S/C11H19NO5/c1-11(2,3)17-10(15)12-8(9(13)14)7-4-5-16-6-7/h7-8H,4-6H2,1-3H3,(H,12,15)(H,13,14)/t7-,8-/m0/s1. The first-order valence-corrected chi connectivity index (χ1v) is 5.59. The van der Waals surface area contributed by atoms with Gasteiger partial charge in [-0.3, -0.25) is 0 Å². The maximum absolute atomic E-state index is 11.5. The van der Waals surface area contributed by atoms with Gasteiger partial charge >= 0.3 is 12.1 Å². The first-order chi connectivity index (χ1) is 7.79. The zero-order valence-corrected chi connectivity index (χ0v) is 10.4. The quantitative estimate of drug-likeness (QED) is 0.774. The number of amides is 1. The molecule has 0 radical (unpaired) electrons. The summed E-state index contributed by atoms with van der Waals surface area (Å²) in [6.07, 6.45) is -0.0796. The molecule has 6 nitrogen and oxygen atoms in total. The van der Waals surface area contributed by atoms with E-state index in [1.807, 2.05) is 0 Å². The van der Waals surface area contributed by atoms with Gasteiger partial charge in [-0.25, -0.2) is 9.59 Å². The van der Waals surface area contributed by atoms with Crippen LogP contribution in [-0.2, 0) is 14.3 Å². The number of carbonyl (C=O) groups excluding carboxylic acids is 1. The van der Waals surface area contributed by atoms with E-state index in [-0.39, 0.29) is 5.92 Å². The molecule has 1 heterocycles. The van der Waals surface area contributed by atoms with Gasteiger partial charge in [-0.1, -0.05) is 0 Å². The maximum Gasteiger partial charge on any atom is 0.408 e. The Labute approximate surface area is 100 Å². The van der Waals surface area contributed by atoms with Gasteiger partial charge in [0.25, 0.3) is 0 Å². The molecule has 0 bridgehead atoms. The van der Waals surface area contributed by atoms with Crippen molar-refractivity contribution in [2.24, 2.45) is 5.92 Å². The molecule has 98 valence electrons. The van der Waals surface area contributed by atoms with Crippen LogP contribution < -0.4 is 5.32 Å². The van der Waals surface area contributed by atoms with Gasteiger partial charge in [0.15, 0.2) is 0 Å². The Morgan fingerprint density at radius 2 is 2.12 bits per heavy atom. The van der Waals surface area contributed by atoms with Crippen molar-refractivity contribution < 1.29 is 24.2 Å². The van der Waals surface area contributed by atoms with Gasteiger partial charge < -0.3 is 19.9 Å². The lowest BCUT2D eigenvalue weighted by atomic mass is 9.99. The second-order valence-electron chi connectivity index (χ2n) is 5.09. The SMILES string of the molecule is CC(C)(C)OC(=O)N[C@H](C(=O)O)[C@H]1CCOC1. The lowest BCUT2D eigenvalue weighted by Crippen LogP contribution is -2.47. The molecule has 0 spiro atoms. The molecular formula is C11H19NO5. The molecule has 0 aromatic rings. The van der Waals surface area contributed by atoms with Crippen LogP contribution in [0.3, 0.4) is 0 Å². The highest BCUT2D eigenvalue weighted by Crippen LogP contribution is 2.17. The summed E-state index contributed by atoms with van der Waals surface area (Å²) >= 11 is 0. The number of aliphatic carboxylic acids is 1. The van der Waals surface area contributed by atoms with Crippen LogP contribution in [0.5, 0.6) is 0 Å². The van der Waals surface area contributed by atoms with Crippen LogP contribution in [0, 0.1) is 5.92 Å². The number of nitrogens with one attached hydrogen (secondary N) is 1. The molecule has 0 saturated carbocycles. The summed E-state index contributed by atoms with van der Waals surface area (Å²) in [5.74, 6) is -1.26. The molecule has 0 aliphatic carbocycles. The normalized spacial score (nSPS) is 21.9. The van der Waals surface area contributed by atoms with E-state index in [2.05, 4.69) is 5.32 Å². The van der Waals surface area contributed by atoms with Crippen LogP contribution >= 0.6 is 0 Å². The van der Waals surface area contributed by atoms with E-state index in [0.717, 1.165) is 0 Å². The monoisotopic (exact) mass is 245 g/mol. The lowest BCUT2D eigenvalue weighted by molar-refractivity contribution is -0.141. The van der Waals surface area contributed by atoms with Crippen molar-refractivity contribution in [3.63, 3.8) is 0 Å². The van der Waals surface area contributed by atoms with Crippen LogP contribution in [0.1, 0.15) is 27.2 Å². The number of rotatable bonds is 3. The summed E-state index contributed by atoms with van der Waals surface area (Å²) in [5.41, 5.74) is -0.640. The highest BCUT2D eigenvalue weighted by atomic mass is 16.6. The van der Waals surface area contributed by atoms with Gasteiger partial charge in [0, 0.05) is 12.5 Å². The molecule has 1 rings (SSSR count). The Morgan fingerprint density at radius 1 is 1.47 bits per heavy atom. The smallest absolute Gasteiger partial charge is 0.408 e. The molecule has 2 N–H and O–H groups in total. The van der Waals surface area contributed by atoms with Crippen LogP contribution in [0.4, 0.5) is 4.79 Å². The van der Waals surface area contributed by atoms with E-state index in [1.54, 1.807) is 20.8 Å². The predicted molar refractivity (Wildman–Crippen MR) is 59.7 cm³/mol. The largest absolute Gasteiger partial charge is 0.480 e. The molecular weight excluding hydrogens is 226 g/mol. The highest BCUT2D eigenvalue weighted by Gasteiger charge is 2.33. The van der Waals surface area contributed by atoms with Crippen LogP contribution in [-0.4, -0.2) is 42.0 Å². The molecule has 2 atom stereocenters. The second-order valence-corrected chi connectivity index (χ2v) is 5.09. The van der Waals surface area contributed by atoms with Crippen molar-refractivity contribution in [2.75, 3.05) is 13.2 Å². The molecule has 1 saturated heterocycles. The van der Waals surface area contributed by atoms with Crippen molar-refractivity contribution in [2.45, 2.75) is 38.8 Å². The van der Waals surface area contributed by atoms with Gasteiger partial charge in [-0.05, 0) is 27.2 Å². The zero-order valence-electron chi connectivity index (χ0n) is 10.4. The summed E-state index contributed by atoms with van der Waals surface area (Å²) in [5, 5.41) is 11.4. The molecule has 1 aliphatic rings. The Kier molecular flexibility index (Phi) is 4.34. The predicted octanol–water partition coefficient (Wildman–Crippen LogP) is 1.00. The molecule has 1 aliphatic heterocycles. The number of alkyl carbamates (subject to hydrolysis) is 1. The van der Waals surface area contributed by atoms with Gasteiger partial charge in [0.2, 0.25) is 0 Å². The third-order valence-corrected chi connectivity index (χ3v) is 2.37. The fourth-order valence-electron chi connectivity index (χ4n) is 1.63. The summed E-state index contributed by atoms with van der Waals surface area (Å²) in [7, 11) is 0. The maximum atomic E-state index is 11.5. The van der Waals surface area contributed by atoms with Gasteiger partial charge in [-0.2, -0.15) is 0 Å². The van der Waals surface area contributed by atoms with Crippen molar-refractivity contribution in [3.8, 4) is 0 Å². The fourth-order valence-corrected chi connectivity index (χ4v) is 1.63. The molecule has 0 aromatic heterocycles. The van der Waals surface area contributed by atoms with E-state index < -0.39 is 23.7 Å². The molecule has 0 aromatic carbocycles. The minimum atomic E-state index is -1.06. The van der Waals surface area contributed by atoms with Crippen LogP contribution in [0.25, 0.3) is 0 Å². The van der Waals surface area contributed by atoms with Crippen molar-refractivity contribution >= 4 is 12.1 Å². The average molecular weight is 245 g/mol. The number of hydrogen-bond donors (Lipinski definition) is 2. The van der Waals surface area contributed by atoms with Gasteiger partial charge in [0.05, 0.1) is 6.61 Å². The lowest BCUT2D eigenvalue weighted by Gasteiger charge is -2.24. The first kappa shape index (κ1) is 13.8. The summed E-state index contributed by atoms with van der Waals surface area (Å²) in [6.45, 7) is 6.06. The Morgan fingerprint density at radius 3 is 2.53 bits per heavy atom. The first-order valence-electron chi connectivity index (χ1n) is 5.59. The number of hydrogen-bond acceptors (Lipinski definition) is 4. The number of carboxylic acids is 1. The Bertz CT molecular complexity index is 291. The van der Waals surface area contributed by atoms with E-state index in [9.17, 15) is 9.59 Å². The van der Waals surface area contributed by atoms with Gasteiger partial charge in [-0.15, -0.1) is 0 Å². The highest BCUT2D eigenvalue weighted by molar-refractivity contribution is 5.80. The topological polar surface area (TPSA) is 84.9 Å². The van der Waals surface area contributed by atoms with E-state index in [0.29, 0.717) is 19.6 Å². The van der Waals surface area contributed by atoms with Crippen molar-refractivity contribution in [3.05, 3.63) is 0 Å². The molecule has 0 unspecified atom stereocenters. The molecule has 1 amide bonds. The van der Waals surface area contributed by atoms with Crippen LogP contribution in [0.15, 0.2) is 0 Å². The molecule has 17 heavy (non-hydrogen) atoms. The third-order valence-electron chi connectivity index (χ3n) is 2.37. The molecule has 1 fully saturated rings. The Hall–Kier alpha value is -1.30. The van der Waals surface area contributed by atoms with Crippen molar-refractivity contribution in [1.82, 2.24) is 5.32 Å². The van der Waals surface area contributed by atoms with E-state index in [1.165, 1.54) is 0 Å². The average Bonchev–Trinajstić information content (AvgIpc) is 2.63. The van der Waals surface area contributed by atoms with Crippen LogP contribution in [0.2, 0.25) is 0 Å². The van der Waals surface area contributed by atoms with E-state index >= 15 is 0 Å². The third kappa shape index (κ3) is 4.60. The van der Waals surface area contributed by atoms with E-state index in [4.69, 9.17) is 14.6 Å². The second kappa shape index (κ2) is 5.35. The fraction of sp³-hybridized carbons (Fsp3) is 0.818. The molecule has 6 heteroatoms. The zero-order chi connectivity index (χ0) is 13.1. The number of carboxylic acid groups (broad SMARTS) is 1. The summed E-state index contributed by atoms with van der Waals surface area (Å²) < 4.78 is 10.1. The van der Waals surface area contributed by atoms with Crippen molar-refractivity contribution in [1.29, 1.82) is 0 Å². The number of carbonyl (C=O) groups is 2. The summed E-state index contributed by atoms with van der Waals surface area (Å²) in [4.78, 5) is 22.6. The Balaban J connectivity index is 2.55.